The van der Waals surface area contributed by atoms with E-state index in [1.807, 2.05) is 6.92 Å². The Balaban J connectivity index is 2.37. The molecule has 4 nitrogen and oxygen atoms in total. The van der Waals surface area contributed by atoms with Crippen LogP contribution in [0.2, 0.25) is 0 Å². The average Bonchev–Trinajstić information content (AvgIpc) is 2.39. The molecule has 2 N–H and O–H groups in total. The first-order valence-electron chi connectivity index (χ1n) is 5.68. The molecule has 0 aliphatic heterocycles. The van der Waals surface area contributed by atoms with Crippen molar-refractivity contribution in [2.24, 2.45) is 0 Å². The number of carbonyl (C=O) groups excluding carboxylic acids is 1. The maximum absolute atomic E-state index is 13.6. The zero-order valence-corrected chi connectivity index (χ0v) is 11.1. The highest BCUT2D eigenvalue weighted by Gasteiger charge is 2.17. The summed E-state index contributed by atoms with van der Waals surface area (Å²) in [6.07, 6.45) is 1.34. The van der Waals surface area contributed by atoms with Gasteiger partial charge in [0.2, 0.25) is 5.78 Å². The normalized spacial score (nSPS) is 10.4. The average molecular weight is 277 g/mol. The van der Waals surface area contributed by atoms with Crippen LogP contribution in [0.4, 0.5) is 10.2 Å². The van der Waals surface area contributed by atoms with Gasteiger partial charge < -0.3 is 5.73 Å². The number of nitrogens with two attached hydrogens (primary N) is 1. The Labute approximate surface area is 114 Å². The third-order valence-corrected chi connectivity index (χ3v) is 3.18. The molecule has 0 fully saturated rings. The number of aromatic nitrogens is 2. The standard InChI is InChI=1S/C13H12FN3OS/c1-2-19-13-16-7-9(12(15)17-13)11(18)8-5-3-4-6-10(8)14/h3-7H,2H2,1H3,(H2,15,16,17). The molecule has 98 valence electrons. The number of hydrogen-bond donors (Lipinski definition) is 1. The van der Waals surface area contributed by atoms with Crippen molar-refractivity contribution < 1.29 is 9.18 Å². The lowest BCUT2D eigenvalue weighted by atomic mass is 10.1. The Kier molecular flexibility index (Phi) is 4.11. The summed E-state index contributed by atoms with van der Waals surface area (Å²) in [7, 11) is 0. The SMILES string of the molecule is CCSc1ncc(C(=O)c2ccccc2F)c(N)n1. The van der Waals surface area contributed by atoms with Crippen molar-refractivity contribution in [3.8, 4) is 0 Å². The van der Waals surface area contributed by atoms with Crippen LogP contribution in [-0.2, 0) is 0 Å². The van der Waals surface area contributed by atoms with Crippen LogP contribution in [0.3, 0.4) is 0 Å². The number of anilines is 1. The van der Waals surface area contributed by atoms with Gasteiger partial charge in [-0.1, -0.05) is 30.8 Å². The molecule has 2 aromatic rings. The summed E-state index contributed by atoms with van der Waals surface area (Å²) in [6, 6.07) is 5.75. The van der Waals surface area contributed by atoms with Gasteiger partial charge in [0.05, 0.1) is 11.1 Å². The topological polar surface area (TPSA) is 68.9 Å². The van der Waals surface area contributed by atoms with E-state index in [4.69, 9.17) is 5.73 Å². The van der Waals surface area contributed by atoms with E-state index in [2.05, 4.69) is 9.97 Å². The molecule has 0 amide bonds. The largest absolute Gasteiger partial charge is 0.383 e. The molecule has 0 atom stereocenters. The highest BCUT2D eigenvalue weighted by atomic mass is 32.2. The molecule has 0 unspecified atom stereocenters. The zero-order chi connectivity index (χ0) is 13.8. The number of halogens is 1. The molecule has 1 aromatic heterocycles. The van der Waals surface area contributed by atoms with Gasteiger partial charge in [-0.2, -0.15) is 0 Å². The molecule has 6 heteroatoms. The molecular formula is C13H12FN3OS. The smallest absolute Gasteiger partial charge is 0.201 e. The summed E-state index contributed by atoms with van der Waals surface area (Å²) in [6.45, 7) is 1.96. The van der Waals surface area contributed by atoms with Crippen LogP contribution in [0.25, 0.3) is 0 Å². The Bertz CT molecular complexity index is 619. The molecule has 0 radical (unpaired) electrons. The number of ketones is 1. The highest BCUT2D eigenvalue weighted by Crippen LogP contribution is 2.19. The molecule has 2 rings (SSSR count). The van der Waals surface area contributed by atoms with Gasteiger partial charge in [-0.15, -0.1) is 0 Å². The quantitative estimate of drug-likeness (QED) is 0.528. The number of rotatable bonds is 4. The Morgan fingerprint density at radius 3 is 2.74 bits per heavy atom. The van der Waals surface area contributed by atoms with E-state index < -0.39 is 11.6 Å². The molecule has 0 bridgehead atoms. The lowest BCUT2D eigenvalue weighted by Gasteiger charge is -2.06. The summed E-state index contributed by atoms with van der Waals surface area (Å²) in [4.78, 5) is 20.2. The van der Waals surface area contributed by atoms with Crippen molar-refractivity contribution in [1.82, 2.24) is 9.97 Å². The van der Waals surface area contributed by atoms with Crippen LogP contribution in [-0.4, -0.2) is 21.5 Å². The van der Waals surface area contributed by atoms with Crippen LogP contribution < -0.4 is 5.73 Å². The Morgan fingerprint density at radius 2 is 2.11 bits per heavy atom. The van der Waals surface area contributed by atoms with Gasteiger partial charge in [0.1, 0.15) is 11.6 Å². The molecule has 19 heavy (non-hydrogen) atoms. The van der Waals surface area contributed by atoms with Crippen molar-refractivity contribution >= 4 is 23.4 Å². The van der Waals surface area contributed by atoms with Gasteiger partial charge in [0, 0.05) is 6.20 Å². The fourth-order valence-electron chi connectivity index (χ4n) is 1.54. The lowest BCUT2D eigenvalue weighted by Crippen LogP contribution is -2.10. The van der Waals surface area contributed by atoms with E-state index in [9.17, 15) is 9.18 Å². The molecular weight excluding hydrogens is 265 g/mol. The number of nitrogen functional groups attached to an aromatic ring is 1. The van der Waals surface area contributed by atoms with Crippen molar-refractivity contribution in [1.29, 1.82) is 0 Å². The van der Waals surface area contributed by atoms with E-state index in [0.29, 0.717) is 5.16 Å². The summed E-state index contributed by atoms with van der Waals surface area (Å²) in [5.74, 6) is -0.221. The van der Waals surface area contributed by atoms with Gasteiger partial charge >= 0.3 is 0 Å². The van der Waals surface area contributed by atoms with Gasteiger partial charge in [-0.05, 0) is 17.9 Å². The Hall–Kier alpha value is -1.95. The number of nitrogens with zero attached hydrogens (tertiary/aromatic N) is 2. The second kappa shape index (κ2) is 5.79. The van der Waals surface area contributed by atoms with E-state index in [-0.39, 0.29) is 16.9 Å². The molecule has 0 spiro atoms. The third kappa shape index (κ3) is 2.90. The minimum Gasteiger partial charge on any atom is -0.383 e. The summed E-state index contributed by atoms with van der Waals surface area (Å²) < 4.78 is 13.6. The molecule has 0 saturated carbocycles. The maximum Gasteiger partial charge on any atom is 0.201 e. The van der Waals surface area contributed by atoms with Crippen LogP contribution >= 0.6 is 11.8 Å². The lowest BCUT2D eigenvalue weighted by molar-refractivity contribution is 0.103. The fourth-order valence-corrected chi connectivity index (χ4v) is 2.09. The fraction of sp³-hybridized carbons (Fsp3) is 0.154. The van der Waals surface area contributed by atoms with E-state index in [0.717, 1.165) is 5.75 Å². The van der Waals surface area contributed by atoms with E-state index in [1.165, 1.54) is 36.2 Å². The van der Waals surface area contributed by atoms with E-state index >= 15 is 0 Å². The van der Waals surface area contributed by atoms with Gasteiger partial charge in [-0.3, -0.25) is 4.79 Å². The number of thioether (sulfide) groups is 1. The predicted octanol–water partition coefficient (Wildman–Crippen LogP) is 2.54. The van der Waals surface area contributed by atoms with Crippen molar-refractivity contribution in [2.45, 2.75) is 12.1 Å². The first-order valence-corrected chi connectivity index (χ1v) is 6.66. The number of benzene rings is 1. The number of carbonyl (C=O) groups is 1. The third-order valence-electron chi connectivity index (χ3n) is 2.43. The summed E-state index contributed by atoms with van der Waals surface area (Å²) in [5, 5.41) is 0.505. The van der Waals surface area contributed by atoms with Crippen molar-refractivity contribution in [2.75, 3.05) is 11.5 Å². The van der Waals surface area contributed by atoms with E-state index in [1.54, 1.807) is 6.07 Å². The first-order chi connectivity index (χ1) is 9.13. The van der Waals surface area contributed by atoms with Gasteiger partial charge in [0.15, 0.2) is 5.16 Å². The summed E-state index contributed by atoms with van der Waals surface area (Å²) in [5.41, 5.74) is 5.81. The highest BCUT2D eigenvalue weighted by molar-refractivity contribution is 7.99. The van der Waals surface area contributed by atoms with Crippen molar-refractivity contribution in [3.05, 3.63) is 47.4 Å². The first kappa shape index (κ1) is 13.5. The minimum atomic E-state index is -0.584. The Morgan fingerprint density at radius 1 is 1.37 bits per heavy atom. The minimum absolute atomic E-state index is 0.0336. The molecule has 0 aliphatic carbocycles. The van der Waals surface area contributed by atoms with Gasteiger partial charge in [0.25, 0.3) is 0 Å². The maximum atomic E-state index is 13.6. The monoisotopic (exact) mass is 277 g/mol. The molecule has 0 aliphatic rings. The molecule has 1 heterocycles. The van der Waals surface area contributed by atoms with Crippen LogP contribution in [0.1, 0.15) is 22.8 Å². The van der Waals surface area contributed by atoms with Gasteiger partial charge in [-0.25, -0.2) is 14.4 Å². The van der Waals surface area contributed by atoms with Crippen molar-refractivity contribution in [3.63, 3.8) is 0 Å². The summed E-state index contributed by atoms with van der Waals surface area (Å²) >= 11 is 1.42. The van der Waals surface area contributed by atoms with Crippen LogP contribution in [0.15, 0.2) is 35.6 Å². The van der Waals surface area contributed by atoms with Crippen LogP contribution in [0, 0.1) is 5.82 Å². The predicted molar refractivity (Wildman–Crippen MR) is 72.7 cm³/mol. The second-order valence-corrected chi connectivity index (χ2v) is 4.92. The van der Waals surface area contributed by atoms with Crippen LogP contribution in [0.5, 0.6) is 0 Å². The molecule has 1 aromatic carbocycles. The number of hydrogen-bond acceptors (Lipinski definition) is 5. The molecule has 0 saturated heterocycles. The second-order valence-electron chi connectivity index (χ2n) is 3.69. The zero-order valence-electron chi connectivity index (χ0n) is 10.3.